The van der Waals surface area contributed by atoms with Gasteiger partial charge in [-0.2, -0.15) is 0 Å². The number of H-pyrrole nitrogens is 1. The topological polar surface area (TPSA) is 74.2 Å². The van der Waals surface area contributed by atoms with Crippen molar-refractivity contribution in [1.82, 2.24) is 15.1 Å². The van der Waals surface area contributed by atoms with Crippen molar-refractivity contribution in [3.8, 4) is 0 Å². The second kappa shape index (κ2) is 10.9. The molecule has 166 valence electrons. The number of nitrogens with zero attached hydrogens (tertiary/aromatic N) is 2. The molecule has 31 heavy (non-hydrogen) atoms. The zero-order valence-electron chi connectivity index (χ0n) is 18.0. The van der Waals surface area contributed by atoms with Gasteiger partial charge in [0.15, 0.2) is 5.83 Å². The van der Waals surface area contributed by atoms with Crippen LogP contribution in [0.3, 0.4) is 0 Å². The smallest absolute Gasteiger partial charge is 0.388 e. The third-order valence-corrected chi connectivity index (χ3v) is 4.82. The van der Waals surface area contributed by atoms with Crippen molar-refractivity contribution in [2.45, 2.75) is 41.0 Å². The first-order valence-electron chi connectivity index (χ1n) is 9.86. The molecule has 0 radical (unpaired) electrons. The summed E-state index contributed by atoms with van der Waals surface area (Å²) in [6.45, 7) is 9.53. The summed E-state index contributed by atoms with van der Waals surface area (Å²) in [5, 5.41) is 8.76. The van der Waals surface area contributed by atoms with Crippen molar-refractivity contribution in [2.24, 2.45) is 0 Å². The van der Waals surface area contributed by atoms with Crippen LogP contribution in [0.4, 0.5) is 14.5 Å². The summed E-state index contributed by atoms with van der Waals surface area (Å²) < 4.78 is 35.7. The van der Waals surface area contributed by atoms with Gasteiger partial charge in [-0.25, -0.2) is 18.7 Å². The number of hydrogen-bond acceptors (Lipinski definition) is 5. The summed E-state index contributed by atoms with van der Waals surface area (Å²) >= 11 is 3.20. The van der Waals surface area contributed by atoms with Crippen LogP contribution in [0.15, 0.2) is 73.2 Å². The lowest BCUT2D eigenvalue weighted by Crippen LogP contribution is -2.22. The number of aromatic nitrogens is 2. The number of nitrogens with one attached hydrogen (secondary N) is 2. The van der Waals surface area contributed by atoms with Gasteiger partial charge in [-0.05, 0) is 44.0 Å². The molecule has 0 bridgehead atoms. The lowest BCUT2D eigenvalue weighted by Gasteiger charge is -2.29. The summed E-state index contributed by atoms with van der Waals surface area (Å²) in [6, 6.07) is 4.37. The van der Waals surface area contributed by atoms with E-state index < -0.39 is 17.4 Å². The molecule has 0 spiro atoms. The van der Waals surface area contributed by atoms with Crippen LogP contribution in [-0.2, 0) is 0 Å². The SMILES string of the molecule is C/C=C\N1C=C(c2n[nH]c(=O)o2)C(Nc2ccc(Br)cc2F)=C(F)C1=C(C)CC.CC. The summed E-state index contributed by atoms with van der Waals surface area (Å²) in [4.78, 5) is 13.0. The molecular formula is C22H25BrF2N4O2. The molecule has 0 aliphatic carbocycles. The molecule has 9 heteroatoms. The predicted octanol–water partition coefficient (Wildman–Crippen LogP) is 6.46. The van der Waals surface area contributed by atoms with E-state index in [1.165, 1.54) is 12.1 Å². The minimum atomic E-state index is -0.779. The fraction of sp³-hybridized carbons (Fsp3) is 0.273. The van der Waals surface area contributed by atoms with Gasteiger partial charge in [0.25, 0.3) is 5.89 Å². The zero-order chi connectivity index (χ0) is 23.1. The maximum Gasteiger partial charge on any atom is 0.434 e. The van der Waals surface area contributed by atoms with Gasteiger partial charge in [-0.15, -0.1) is 5.10 Å². The van der Waals surface area contributed by atoms with E-state index in [9.17, 15) is 9.18 Å². The van der Waals surface area contributed by atoms with Gasteiger partial charge < -0.3 is 14.6 Å². The number of aromatic amines is 1. The highest BCUT2D eigenvalue weighted by Crippen LogP contribution is 2.38. The third kappa shape index (κ3) is 5.41. The number of halogens is 3. The van der Waals surface area contributed by atoms with Crippen LogP contribution in [0.2, 0.25) is 0 Å². The van der Waals surface area contributed by atoms with Crippen molar-refractivity contribution in [1.29, 1.82) is 0 Å². The minimum absolute atomic E-state index is 0.0509. The largest absolute Gasteiger partial charge is 0.434 e. The Balaban J connectivity index is 0.00000166. The number of allylic oxidation sites excluding steroid dienone is 4. The Morgan fingerprint density at radius 1 is 1.35 bits per heavy atom. The maximum absolute atomic E-state index is 15.7. The first-order valence-corrected chi connectivity index (χ1v) is 10.7. The Hall–Kier alpha value is -2.94. The van der Waals surface area contributed by atoms with Crippen LogP contribution in [0, 0.1) is 5.82 Å². The molecule has 0 unspecified atom stereocenters. The van der Waals surface area contributed by atoms with Crippen LogP contribution in [0.1, 0.15) is 46.9 Å². The van der Waals surface area contributed by atoms with E-state index in [0.717, 1.165) is 5.57 Å². The summed E-state index contributed by atoms with van der Waals surface area (Å²) in [5.41, 5.74) is 1.29. The van der Waals surface area contributed by atoms with Gasteiger partial charge in [-0.1, -0.05) is 42.8 Å². The van der Waals surface area contributed by atoms with Crippen molar-refractivity contribution >= 4 is 27.2 Å². The minimum Gasteiger partial charge on any atom is -0.388 e. The fourth-order valence-electron chi connectivity index (χ4n) is 2.83. The Kier molecular flexibility index (Phi) is 8.56. The van der Waals surface area contributed by atoms with E-state index in [4.69, 9.17) is 4.42 Å². The molecule has 2 aromatic rings. The predicted molar refractivity (Wildman–Crippen MR) is 122 cm³/mol. The summed E-state index contributed by atoms with van der Waals surface area (Å²) in [5.74, 6) is -2.09. The number of hydrogen-bond donors (Lipinski definition) is 2. The molecule has 3 rings (SSSR count). The molecular weight excluding hydrogens is 470 g/mol. The molecule has 0 saturated heterocycles. The van der Waals surface area contributed by atoms with Crippen LogP contribution in [0.25, 0.3) is 5.57 Å². The summed E-state index contributed by atoms with van der Waals surface area (Å²) in [7, 11) is 0. The highest BCUT2D eigenvalue weighted by Gasteiger charge is 2.30. The van der Waals surface area contributed by atoms with Gasteiger partial charge in [0.05, 0.1) is 22.7 Å². The second-order valence-corrected chi connectivity index (χ2v) is 7.19. The third-order valence-electron chi connectivity index (χ3n) is 4.33. The van der Waals surface area contributed by atoms with Crippen LogP contribution >= 0.6 is 15.9 Å². The van der Waals surface area contributed by atoms with Gasteiger partial charge >= 0.3 is 5.76 Å². The van der Waals surface area contributed by atoms with E-state index in [-0.39, 0.29) is 22.8 Å². The van der Waals surface area contributed by atoms with Crippen LogP contribution < -0.4 is 11.1 Å². The van der Waals surface area contributed by atoms with Gasteiger partial charge in [0, 0.05) is 16.9 Å². The maximum atomic E-state index is 15.7. The molecule has 0 saturated carbocycles. The first kappa shape index (κ1) is 24.3. The van der Waals surface area contributed by atoms with E-state index in [1.807, 2.05) is 27.7 Å². The highest BCUT2D eigenvalue weighted by atomic mass is 79.9. The quantitative estimate of drug-likeness (QED) is 0.498. The van der Waals surface area contributed by atoms with E-state index in [1.54, 1.807) is 36.4 Å². The second-order valence-electron chi connectivity index (χ2n) is 6.27. The van der Waals surface area contributed by atoms with Crippen LogP contribution in [0.5, 0.6) is 0 Å². The monoisotopic (exact) mass is 494 g/mol. The molecule has 1 aromatic carbocycles. The average molecular weight is 495 g/mol. The van der Waals surface area contributed by atoms with Gasteiger partial charge in [-0.3, -0.25) is 0 Å². The Bertz CT molecular complexity index is 1110. The highest BCUT2D eigenvalue weighted by molar-refractivity contribution is 9.10. The van der Waals surface area contributed by atoms with E-state index in [0.29, 0.717) is 16.6 Å². The summed E-state index contributed by atoms with van der Waals surface area (Å²) in [6.07, 6.45) is 5.61. The molecule has 1 aliphatic heterocycles. The van der Waals surface area contributed by atoms with Crippen molar-refractivity contribution in [3.05, 3.63) is 86.2 Å². The van der Waals surface area contributed by atoms with Crippen molar-refractivity contribution < 1.29 is 13.2 Å². The van der Waals surface area contributed by atoms with Gasteiger partial charge in [0.1, 0.15) is 5.82 Å². The molecule has 0 amide bonds. The zero-order valence-corrected chi connectivity index (χ0v) is 19.6. The Morgan fingerprint density at radius 3 is 2.61 bits per heavy atom. The number of rotatable bonds is 5. The fourth-order valence-corrected chi connectivity index (χ4v) is 3.16. The Morgan fingerprint density at radius 2 is 2.06 bits per heavy atom. The molecule has 6 nitrogen and oxygen atoms in total. The molecule has 2 N–H and O–H groups in total. The molecule has 0 atom stereocenters. The normalized spacial score (nSPS) is 15.6. The van der Waals surface area contributed by atoms with E-state index in [2.05, 4.69) is 31.4 Å². The number of benzene rings is 1. The number of anilines is 1. The van der Waals surface area contributed by atoms with Crippen LogP contribution in [-0.4, -0.2) is 15.1 Å². The van der Waals surface area contributed by atoms with Crippen molar-refractivity contribution in [3.63, 3.8) is 0 Å². The van der Waals surface area contributed by atoms with Crippen molar-refractivity contribution in [2.75, 3.05) is 5.32 Å². The lowest BCUT2D eigenvalue weighted by molar-refractivity contribution is 0.490. The molecule has 0 fully saturated rings. The standard InChI is InChI=1S/C20H19BrF2N4O2.C2H6/c1-4-8-27-10-13(19-25-26-20(28)29-19)17(16(23)18(27)11(3)5-2)24-15-7-6-12(21)9-14(15)22;1-2/h4,6-10,24H,5H2,1-3H3,(H,26,28);1-2H3/b8-4-,18-11?;. The molecule has 1 aliphatic rings. The molecule has 2 heterocycles. The lowest BCUT2D eigenvalue weighted by atomic mass is 10.0. The first-order chi connectivity index (χ1) is 14.8. The van der Waals surface area contributed by atoms with Gasteiger partial charge in [0.2, 0.25) is 0 Å². The average Bonchev–Trinajstić information content (AvgIpc) is 3.19. The van der Waals surface area contributed by atoms with E-state index >= 15 is 4.39 Å². The molecule has 1 aromatic heterocycles. The Labute approximate surface area is 188 Å².